The van der Waals surface area contributed by atoms with Crippen LogP contribution in [0, 0.1) is 0 Å². The maximum atomic E-state index is 12.6. The third-order valence-electron chi connectivity index (χ3n) is 4.23. The number of nitrogens with one attached hydrogen (secondary N) is 1. The van der Waals surface area contributed by atoms with Gasteiger partial charge in [-0.15, -0.1) is 0 Å². The minimum atomic E-state index is -0.539. The Hall–Kier alpha value is -3.62. The lowest BCUT2D eigenvalue weighted by atomic mass is 10.2. The van der Waals surface area contributed by atoms with Crippen molar-refractivity contribution in [1.82, 2.24) is 9.88 Å². The van der Waals surface area contributed by atoms with Crippen LogP contribution in [-0.2, 0) is 9.53 Å². The zero-order chi connectivity index (χ0) is 20.8. The minimum absolute atomic E-state index is 0.131. The van der Waals surface area contributed by atoms with Crippen LogP contribution in [0.4, 0.5) is 5.69 Å². The maximum Gasteiger partial charge on any atom is 0.339 e. The van der Waals surface area contributed by atoms with Crippen molar-refractivity contribution >= 4 is 23.5 Å². The number of anilines is 1. The summed E-state index contributed by atoms with van der Waals surface area (Å²) in [7, 11) is 1.26. The molecule has 29 heavy (non-hydrogen) atoms. The molecule has 0 saturated carbocycles. The summed E-state index contributed by atoms with van der Waals surface area (Å²) < 4.78 is 15.6. The molecular weight excluding hydrogens is 378 g/mol. The first-order valence-electron chi connectivity index (χ1n) is 9.05. The van der Waals surface area contributed by atoms with Crippen molar-refractivity contribution in [3.05, 3.63) is 47.8 Å². The second-order valence-corrected chi connectivity index (χ2v) is 6.15. The van der Waals surface area contributed by atoms with E-state index in [1.807, 2.05) is 0 Å². The number of nitrogens with zero attached hydrogens (tertiary/aromatic N) is 2. The van der Waals surface area contributed by atoms with E-state index in [0.717, 1.165) is 0 Å². The second kappa shape index (κ2) is 9.05. The summed E-state index contributed by atoms with van der Waals surface area (Å²) >= 11 is 0. The van der Waals surface area contributed by atoms with Crippen LogP contribution in [-0.4, -0.2) is 61.1 Å². The predicted octanol–water partition coefficient (Wildman–Crippen LogP) is 1.74. The van der Waals surface area contributed by atoms with Crippen LogP contribution in [0.15, 0.2) is 36.5 Å². The van der Waals surface area contributed by atoms with Crippen molar-refractivity contribution in [2.45, 2.75) is 6.92 Å². The van der Waals surface area contributed by atoms with E-state index in [0.29, 0.717) is 36.9 Å². The van der Waals surface area contributed by atoms with Crippen molar-refractivity contribution in [2.24, 2.45) is 0 Å². The molecule has 2 aromatic rings. The molecule has 9 nitrogen and oxygen atoms in total. The smallest absolute Gasteiger partial charge is 0.339 e. The lowest BCUT2D eigenvalue weighted by molar-refractivity contribution is -0.116. The fourth-order valence-electron chi connectivity index (χ4n) is 2.74. The number of fused-ring (bicyclic) bond motifs is 1. The normalized spacial score (nSPS) is 12.1. The van der Waals surface area contributed by atoms with Crippen LogP contribution < -0.4 is 14.8 Å². The topological polar surface area (TPSA) is 107 Å². The number of aromatic nitrogens is 1. The highest BCUT2D eigenvalue weighted by atomic mass is 16.6. The monoisotopic (exact) mass is 399 g/mol. The molecule has 1 N–H and O–H groups in total. The summed E-state index contributed by atoms with van der Waals surface area (Å²) in [5, 5.41) is 2.74. The standard InChI is InChI=1S/C20H21N3O6/c1-3-23(19(25)15-6-4-13(11-21-15)20(26)27-2)12-18(24)22-14-5-7-16-17(10-14)29-9-8-28-16/h4-7,10-11H,3,8-9,12H2,1-2H3,(H,22,24). The summed E-state index contributed by atoms with van der Waals surface area (Å²) in [6.07, 6.45) is 1.27. The summed E-state index contributed by atoms with van der Waals surface area (Å²) in [5.41, 5.74) is 0.915. The van der Waals surface area contributed by atoms with E-state index in [-0.39, 0.29) is 23.7 Å². The Kier molecular flexibility index (Phi) is 6.28. The Morgan fingerprint density at radius 2 is 1.90 bits per heavy atom. The molecule has 0 aliphatic carbocycles. The van der Waals surface area contributed by atoms with Gasteiger partial charge in [0.1, 0.15) is 25.5 Å². The Labute approximate surface area is 167 Å². The Morgan fingerprint density at radius 1 is 1.14 bits per heavy atom. The van der Waals surface area contributed by atoms with E-state index >= 15 is 0 Å². The maximum absolute atomic E-state index is 12.6. The number of hydrogen-bond acceptors (Lipinski definition) is 7. The average Bonchev–Trinajstić information content (AvgIpc) is 2.76. The highest BCUT2D eigenvalue weighted by Gasteiger charge is 2.20. The molecule has 1 aliphatic heterocycles. The number of pyridine rings is 1. The van der Waals surface area contributed by atoms with Crippen molar-refractivity contribution < 1.29 is 28.6 Å². The first-order valence-corrected chi connectivity index (χ1v) is 9.05. The van der Waals surface area contributed by atoms with Crippen LogP contribution in [0.3, 0.4) is 0 Å². The lowest BCUT2D eigenvalue weighted by Gasteiger charge is -2.21. The number of rotatable bonds is 6. The number of carbonyl (C=O) groups is 3. The Balaban J connectivity index is 1.63. The van der Waals surface area contributed by atoms with Gasteiger partial charge in [-0.3, -0.25) is 14.6 Å². The number of benzene rings is 1. The predicted molar refractivity (Wildman–Crippen MR) is 103 cm³/mol. The molecule has 0 atom stereocenters. The Morgan fingerprint density at radius 3 is 2.55 bits per heavy atom. The molecule has 0 bridgehead atoms. The number of methoxy groups -OCH3 is 1. The van der Waals surface area contributed by atoms with Crippen LogP contribution in [0.25, 0.3) is 0 Å². The van der Waals surface area contributed by atoms with Gasteiger partial charge in [0.25, 0.3) is 5.91 Å². The number of carbonyl (C=O) groups excluding carboxylic acids is 3. The van der Waals surface area contributed by atoms with Crippen molar-refractivity contribution in [3.8, 4) is 11.5 Å². The van der Waals surface area contributed by atoms with Gasteiger partial charge in [-0.1, -0.05) is 0 Å². The second-order valence-electron chi connectivity index (χ2n) is 6.15. The third kappa shape index (κ3) is 4.81. The van der Waals surface area contributed by atoms with Crippen LogP contribution in [0.5, 0.6) is 11.5 Å². The first-order chi connectivity index (χ1) is 14.0. The molecule has 2 heterocycles. The van der Waals surface area contributed by atoms with Gasteiger partial charge >= 0.3 is 5.97 Å². The Bertz CT molecular complexity index is 913. The SMILES string of the molecule is CCN(CC(=O)Nc1ccc2c(c1)OCCO2)C(=O)c1ccc(C(=O)OC)cn1. The summed E-state index contributed by atoms with van der Waals surface area (Å²) in [6, 6.07) is 7.99. The number of esters is 1. The molecular formula is C20H21N3O6. The van der Waals surface area contributed by atoms with Gasteiger partial charge in [-0.05, 0) is 31.2 Å². The van der Waals surface area contributed by atoms with E-state index in [9.17, 15) is 14.4 Å². The van der Waals surface area contributed by atoms with E-state index in [2.05, 4.69) is 15.0 Å². The molecule has 3 rings (SSSR count). The molecule has 0 fully saturated rings. The zero-order valence-electron chi connectivity index (χ0n) is 16.1. The molecule has 0 unspecified atom stereocenters. The zero-order valence-corrected chi connectivity index (χ0v) is 16.1. The fourth-order valence-corrected chi connectivity index (χ4v) is 2.74. The fraction of sp³-hybridized carbons (Fsp3) is 0.300. The van der Waals surface area contributed by atoms with Crippen LogP contribution >= 0.6 is 0 Å². The van der Waals surface area contributed by atoms with Crippen LogP contribution in [0.1, 0.15) is 27.8 Å². The highest BCUT2D eigenvalue weighted by Crippen LogP contribution is 2.32. The molecule has 2 amide bonds. The lowest BCUT2D eigenvalue weighted by Crippen LogP contribution is -2.38. The molecule has 0 saturated heterocycles. The molecule has 152 valence electrons. The van der Waals surface area contributed by atoms with Crippen molar-refractivity contribution in [2.75, 3.05) is 38.7 Å². The van der Waals surface area contributed by atoms with Crippen molar-refractivity contribution in [1.29, 1.82) is 0 Å². The number of hydrogen-bond donors (Lipinski definition) is 1. The van der Waals surface area contributed by atoms with E-state index in [1.165, 1.54) is 30.3 Å². The van der Waals surface area contributed by atoms with E-state index in [4.69, 9.17) is 9.47 Å². The third-order valence-corrected chi connectivity index (χ3v) is 4.23. The largest absolute Gasteiger partial charge is 0.486 e. The van der Waals surface area contributed by atoms with Gasteiger partial charge < -0.3 is 24.4 Å². The van der Waals surface area contributed by atoms with Gasteiger partial charge in [0.05, 0.1) is 12.7 Å². The number of ether oxygens (including phenoxy) is 3. The molecule has 1 aromatic heterocycles. The molecule has 1 aliphatic rings. The highest BCUT2D eigenvalue weighted by molar-refractivity contribution is 5.99. The first kappa shape index (κ1) is 20.1. The van der Waals surface area contributed by atoms with E-state index < -0.39 is 11.9 Å². The average molecular weight is 399 g/mol. The van der Waals surface area contributed by atoms with Crippen molar-refractivity contribution in [3.63, 3.8) is 0 Å². The van der Waals surface area contributed by atoms with Gasteiger partial charge in [0.2, 0.25) is 5.91 Å². The van der Waals surface area contributed by atoms with Crippen LogP contribution in [0.2, 0.25) is 0 Å². The summed E-state index contributed by atoms with van der Waals surface area (Å²) in [6.45, 7) is 2.86. The van der Waals surface area contributed by atoms with E-state index in [1.54, 1.807) is 25.1 Å². The van der Waals surface area contributed by atoms with Gasteiger partial charge in [0, 0.05) is 24.5 Å². The summed E-state index contributed by atoms with van der Waals surface area (Å²) in [5.74, 6) is -0.125. The minimum Gasteiger partial charge on any atom is -0.486 e. The number of amides is 2. The number of likely N-dealkylation sites (N-methyl/N-ethyl adjacent to an activating group) is 1. The summed E-state index contributed by atoms with van der Waals surface area (Å²) in [4.78, 5) is 41.9. The molecule has 1 aromatic carbocycles. The molecule has 0 spiro atoms. The molecule has 0 radical (unpaired) electrons. The van der Waals surface area contributed by atoms with Gasteiger partial charge in [-0.25, -0.2) is 4.79 Å². The molecule has 9 heteroatoms. The van der Waals surface area contributed by atoms with Gasteiger partial charge in [-0.2, -0.15) is 0 Å². The quantitative estimate of drug-likeness (QED) is 0.737. The van der Waals surface area contributed by atoms with Gasteiger partial charge in [0.15, 0.2) is 11.5 Å².